The number of thioether (sulfide) groups is 1. The van der Waals surface area contributed by atoms with E-state index in [4.69, 9.17) is 0 Å². The third-order valence-electron chi connectivity index (χ3n) is 2.78. The number of rotatable bonds is 6. The molecule has 0 radical (unpaired) electrons. The Labute approximate surface area is 115 Å². The van der Waals surface area contributed by atoms with Crippen LogP contribution in [-0.2, 0) is 4.79 Å². The molecule has 2 N–H and O–H groups in total. The lowest BCUT2D eigenvalue weighted by molar-refractivity contribution is -0.124. The lowest BCUT2D eigenvalue weighted by Crippen LogP contribution is -2.32. The molecule has 0 aliphatic carbocycles. The highest BCUT2D eigenvalue weighted by atomic mass is 32.2. The maximum atomic E-state index is 11.7. The van der Waals surface area contributed by atoms with Crippen molar-refractivity contribution >= 4 is 29.0 Å². The van der Waals surface area contributed by atoms with E-state index in [0.29, 0.717) is 0 Å². The quantitative estimate of drug-likeness (QED) is 0.604. The number of carbonyl (C=O) groups excluding carboxylic acids is 1. The SMILES string of the molecule is Cc1nnc(SCCCNC(=O)[C@H]2CCNC2)s1. The van der Waals surface area contributed by atoms with E-state index >= 15 is 0 Å². The van der Waals surface area contributed by atoms with Gasteiger partial charge in [0.25, 0.3) is 0 Å². The second-order valence-corrected chi connectivity index (χ2v) is 6.79. The number of amides is 1. The van der Waals surface area contributed by atoms with Gasteiger partial charge in [-0.15, -0.1) is 10.2 Å². The Morgan fingerprint density at radius 1 is 1.61 bits per heavy atom. The van der Waals surface area contributed by atoms with Crippen LogP contribution < -0.4 is 10.6 Å². The van der Waals surface area contributed by atoms with E-state index in [9.17, 15) is 4.79 Å². The highest BCUT2D eigenvalue weighted by Crippen LogP contribution is 2.22. The van der Waals surface area contributed by atoms with Crippen LogP contribution in [0.3, 0.4) is 0 Å². The van der Waals surface area contributed by atoms with E-state index in [0.717, 1.165) is 47.6 Å². The zero-order valence-corrected chi connectivity index (χ0v) is 12.1. The van der Waals surface area contributed by atoms with Gasteiger partial charge in [-0.2, -0.15) is 0 Å². The normalized spacial score (nSPS) is 19.1. The van der Waals surface area contributed by atoms with Crippen molar-refractivity contribution in [3.05, 3.63) is 5.01 Å². The first-order valence-corrected chi connectivity index (χ1v) is 7.97. The van der Waals surface area contributed by atoms with Crippen molar-refractivity contribution in [1.29, 1.82) is 0 Å². The molecule has 0 bridgehead atoms. The molecular formula is C11H18N4OS2. The molecule has 18 heavy (non-hydrogen) atoms. The van der Waals surface area contributed by atoms with Crippen molar-refractivity contribution < 1.29 is 4.79 Å². The Kier molecular flexibility index (Phi) is 5.40. The average Bonchev–Trinajstić information content (AvgIpc) is 2.99. The van der Waals surface area contributed by atoms with Gasteiger partial charge in [-0.05, 0) is 26.3 Å². The Morgan fingerprint density at radius 2 is 2.50 bits per heavy atom. The van der Waals surface area contributed by atoms with E-state index in [1.54, 1.807) is 23.1 Å². The summed E-state index contributed by atoms with van der Waals surface area (Å²) in [5.41, 5.74) is 0. The summed E-state index contributed by atoms with van der Waals surface area (Å²) < 4.78 is 1.01. The maximum Gasteiger partial charge on any atom is 0.224 e. The summed E-state index contributed by atoms with van der Waals surface area (Å²) in [5.74, 6) is 1.33. The number of aromatic nitrogens is 2. The van der Waals surface area contributed by atoms with Crippen molar-refractivity contribution in [2.24, 2.45) is 5.92 Å². The lowest BCUT2D eigenvalue weighted by Gasteiger charge is -2.09. The predicted octanol–water partition coefficient (Wildman–Crippen LogP) is 1.05. The molecule has 1 saturated heterocycles. The van der Waals surface area contributed by atoms with E-state index in [1.807, 2.05) is 6.92 Å². The van der Waals surface area contributed by atoms with Crippen LogP contribution in [-0.4, -0.2) is 41.5 Å². The zero-order chi connectivity index (χ0) is 12.8. The summed E-state index contributed by atoms with van der Waals surface area (Å²) in [6.07, 6.45) is 1.93. The topological polar surface area (TPSA) is 66.9 Å². The molecule has 0 aromatic carbocycles. The number of nitrogens with one attached hydrogen (secondary N) is 2. The van der Waals surface area contributed by atoms with Gasteiger partial charge < -0.3 is 10.6 Å². The van der Waals surface area contributed by atoms with Crippen LogP contribution in [0.4, 0.5) is 0 Å². The molecule has 1 aromatic rings. The molecule has 100 valence electrons. The summed E-state index contributed by atoms with van der Waals surface area (Å²) in [6.45, 7) is 4.49. The number of hydrogen-bond acceptors (Lipinski definition) is 6. The fourth-order valence-electron chi connectivity index (χ4n) is 1.80. The van der Waals surface area contributed by atoms with Gasteiger partial charge in [0.2, 0.25) is 5.91 Å². The zero-order valence-electron chi connectivity index (χ0n) is 10.4. The largest absolute Gasteiger partial charge is 0.356 e. The van der Waals surface area contributed by atoms with E-state index in [-0.39, 0.29) is 11.8 Å². The Bertz CT molecular complexity index is 390. The summed E-state index contributed by atoms with van der Waals surface area (Å²) in [4.78, 5) is 11.7. The molecule has 5 nitrogen and oxygen atoms in total. The van der Waals surface area contributed by atoms with Crippen LogP contribution in [0, 0.1) is 12.8 Å². The van der Waals surface area contributed by atoms with Crippen LogP contribution in [0.2, 0.25) is 0 Å². The minimum atomic E-state index is 0.170. The van der Waals surface area contributed by atoms with Gasteiger partial charge in [0, 0.05) is 18.8 Å². The minimum absolute atomic E-state index is 0.170. The molecule has 1 atom stereocenters. The molecule has 0 saturated carbocycles. The molecule has 1 aliphatic rings. The standard InChI is InChI=1S/C11H18N4OS2/c1-8-14-15-11(18-8)17-6-2-4-13-10(16)9-3-5-12-7-9/h9,12H,2-7H2,1H3,(H,13,16)/t9-/m0/s1. The van der Waals surface area contributed by atoms with E-state index in [1.165, 1.54) is 0 Å². The predicted molar refractivity (Wildman–Crippen MR) is 74.0 cm³/mol. The van der Waals surface area contributed by atoms with Gasteiger partial charge in [0.15, 0.2) is 4.34 Å². The van der Waals surface area contributed by atoms with Crippen LogP contribution in [0.5, 0.6) is 0 Å². The monoisotopic (exact) mass is 286 g/mol. The van der Waals surface area contributed by atoms with Crippen LogP contribution in [0.1, 0.15) is 17.8 Å². The summed E-state index contributed by atoms with van der Waals surface area (Å²) in [5, 5.41) is 15.2. The highest BCUT2D eigenvalue weighted by molar-refractivity contribution is 8.01. The molecule has 2 heterocycles. The van der Waals surface area contributed by atoms with Crippen molar-refractivity contribution in [2.45, 2.75) is 24.1 Å². The number of carbonyl (C=O) groups is 1. The Hall–Kier alpha value is -0.660. The number of nitrogens with zero attached hydrogens (tertiary/aromatic N) is 2. The minimum Gasteiger partial charge on any atom is -0.356 e. The molecule has 1 aromatic heterocycles. The third-order valence-corrected chi connectivity index (χ3v) is 4.84. The summed E-state index contributed by atoms with van der Waals surface area (Å²) in [7, 11) is 0. The van der Waals surface area contributed by atoms with Crippen LogP contribution in [0.15, 0.2) is 4.34 Å². The third kappa shape index (κ3) is 4.22. The molecule has 2 rings (SSSR count). The lowest BCUT2D eigenvalue weighted by atomic mass is 10.1. The first kappa shape index (κ1) is 13.8. The molecule has 1 amide bonds. The van der Waals surface area contributed by atoms with Crippen LogP contribution >= 0.6 is 23.1 Å². The number of hydrogen-bond donors (Lipinski definition) is 2. The molecule has 0 unspecified atom stereocenters. The molecule has 0 spiro atoms. The summed E-state index contributed by atoms with van der Waals surface area (Å²) >= 11 is 3.32. The van der Waals surface area contributed by atoms with Crippen molar-refractivity contribution in [2.75, 3.05) is 25.4 Å². The first-order chi connectivity index (χ1) is 8.75. The van der Waals surface area contributed by atoms with Gasteiger partial charge in [-0.25, -0.2) is 0 Å². The highest BCUT2D eigenvalue weighted by Gasteiger charge is 2.21. The second-order valence-electron chi connectivity index (χ2n) is 4.27. The van der Waals surface area contributed by atoms with Crippen LogP contribution in [0.25, 0.3) is 0 Å². The first-order valence-electron chi connectivity index (χ1n) is 6.17. The smallest absolute Gasteiger partial charge is 0.224 e. The molecule has 1 fully saturated rings. The van der Waals surface area contributed by atoms with Crippen molar-refractivity contribution in [3.63, 3.8) is 0 Å². The maximum absolute atomic E-state index is 11.7. The van der Waals surface area contributed by atoms with Gasteiger partial charge in [0.05, 0.1) is 5.92 Å². The van der Waals surface area contributed by atoms with Gasteiger partial charge >= 0.3 is 0 Å². The molecule has 1 aliphatic heterocycles. The number of aryl methyl sites for hydroxylation is 1. The fourth-order valence-corrected chi connectivity index (χ4v) is 3.63. The van der Waals surface area contributed by atoms with E-state index in [2.05, 4.69) is 20.8 Å². The van der Waals surface area contributed by atoms with Gasteiger partial charge in [0.1, 0.15) is 5.01 Å². The van der Waals surface area contributed by atoms with E-state index < -0.39 is 0 Å². The molecule has 7 heteroatoms. The second kappa shape index (κ2) is 7.06. The Balaban J connectivity index is 1.54. The average molecular weight is 286 g/mol. The van der Waals surface area contributed by atoms with Crippen molar-refractivity contribution in [1.82, 2.24) is 20.8 Å². The van der Waals surface area contributed by atoms with Gasteiger partial charge in [-0.3, -0.25) is 4.79 Å². The Morgan fingerprint density at radius 3 is 3.17 bits per heavy atom. The summed E-state index contributed by atoms with van der Waals surface area (Å²) in [6, 6.07) is 0. The van der Waals surface area contributed by atoms with Gasteiger partial charge in [-0.1, -0.05) is 23.1 Å². The fraction of sp³-hybridized carbons (Fsp3) is 0.727. The van der Waals surface area contributed by atoms with Crippen molar-refractivity contribution in [3.8, 4) is 0 Å². The molecular weight excluding hydrogens is 268 g/mol.